The second kappa shape index (κ2) is 13.1. The first-order valence-electron chi connectivity index (χ1n) is 10.8. The fraction of sp³-hybridized carbons (Fsp3) is 1.00. The molecule has 1 rings (SSSR count). The topological polar surface area (TPSA) is 0 Å². The van der Waals surface area contributed by atoms with Gasteiger partial charge in [0.15, 0.2) is 0 Å². The Balaban J connectivity index is 2.45. The van der Waals surface area contributed by atoms with Crippen LogP contribution in [0.15, 0.2) is 0 Å². The molecule has 0 amide bonds. The Labute approximate surface area is 146 Å². The predicted octanol–water partition coefficient (Wildman–Crippen LogP) is 8.34. The van der Waals surface area contributed by atoms with E-state index in [-0.39, 0.29) is 0 Å². The monoisotopic (exact) mass is 416 g/mol. The number of hydrogen-bond donors (Lipinski definition) is 0. The molecule has 0 atom stereocenters. The van der Waals surface area contributed by atoms with Gasteiger partial charge in [0.2, 0.25) is 0 Å². The number of unbranched alkanes of at least 4 members (excludes halogenated alkanes) is 9. The van der Waals surface area contributed by atoms with Crippen LogP contribution in [-0.2, 0) is 0 Å². The van der Waals surface area contributed by atoms with Crippen molar-refractivity contribution in [3.8, 4) is 0 Å². The van der Waals surface area contributed by atoms with Crippen LogP contribution in [-0.4, -0.2) is 18.4 Å². The van der Waals surface area contributed by atoms with Gasteiger partial charge in [0.1, 0.15) is 0 Å². The average Bonchev–Trinajstić information content (AvgIpc) is 3.37. The van der Waals surface area contributed by atoms with E-state index in [0.29, 0.717) is 0 Å². The third-order valence-corrected chi connectivity index (χ3v) is 24.2. The van der Waals surface area contributed by atoms with E-state index in [9.17, 15) is 0 Å². The molecule has 1 aliphatic carbocycles. The molecule has 0 aliphatic heterocycles. The Bertz CT molecular complexity index is 213. The minimum atomic E-state index is -1.77. The van der Waals surface area contributed by atoms with E-state index in [2.05, 4.69) is 20.8 Å². The Kier molecular flexibility index (Phi) is 12.4. The van der Waals surface area contributed by atoms with E-state index >= 15 is 0 Å². The van der Waals surface area contributed by atoms with Gasteiger partial charge < -0.3 is 0 Å². The summed E-state index contributed by atoms with van der Waals surface area (Å²) in [6.07, 6.45) is 21.3. The third kappa shape index (κ3) is 8.59. The fourth-order valence-electron chi connectivity index (χ4n) is 4.39. The summed E-state index contributed by atoms with van der Waals surface area (Å²) in [7, 11) is 0. The molecule has 132 valence electrons. The summed E-state index contributed by atoms with van der Waals surface area (Å²) in [4.78, 5) is 0. The van der Waals surface area contributed by atoms with Gasteiger partial charge in [-0.15, -0.1) is 0 Å². The molecular weight excluding hydrogens is 371 g/mol. The quantitative estimate of drug-likeness (QED) is 0.176. The Morgan fingerprint density at radius 1 is 0.545 bits per heavy atom. The second-order valence-electron chi connectivity index (χ2n) is 8.07. The summed E-state index contributed by atoms with van der Waals surface area (Å²) in [6, 6.07) is 0. The standard InChI is InChI=1S/3C6H13.C3H5.Sn/c3*1-3-5-6-4-2;1-2-3-1;/h3*1,3-6H2,2H3;1H,2-3H2;. The van der Waals surface area contributed by atoms with E-state index in [4.69, 9.17) is 0 Å². The molecular formula is C21H44Sn. The van der Waals surface area contributed by atoms with E-state index in [0.717, 1.165) is 0 Å². The molecule has 0 heterocycles. The molecule has 0 bridgehead atoms. The summed E-state index contributed by atoms with van der Waals surface area (Å²) < 4.78 is 6.60. The van der Waals surface area contributed by atoms with Crippen molar-refractivity contribution in [2.45, 2.75) is 128 Å². The van der Waals surface area contributed by atoms with Crippen molar-refractivity contribution in [1.82, 2.24) is 0 Å². The van der Waals surface area contributed by atoms with E-state index in [1.807, 2.05) is 0 Å². The molecule has 0 unspecified atom stereocenters. The van der Waals surface area contributed by atoms with Crippen molar-refractivity contribution in [1.29, 1.82) is 0 Å². The number of rotatable bonds is 16. The Morgan fingerprint density at radius 3 is 1.18 bits per heavy atom. The van der Waals surface area contributed by atoms with Crippen LogP contribution >= 0.6 is 0 Å². The van der Waals surface area contributed by atoms with Gasteiger partial charge in [-0.3, -0.25) is 0 Å². The van der Waals surface area contributed by atoms with Gasteiger partial charge in [-0.1, -0.05) is 0 Å². The molecule has 0 aromatic rings. The van der Waals surface area contributed by atoms with Crippen molar-refractivity contribution < 1.29 is 0 Å². The molecule has 0 aromatic carbocycles. The van der Waals surface area contributed by atoms with Gasteiger partial charge in [-0.25, -0.2) is 0 Å². The summed E-state index contributed by atoms with van der Waals surface area (Å²) in [5, 5.41) is 0. The summed E-state index contributed by atoms with van der Waals surface area (Å²) >= 11 is -1.77. The fourth-order valence-corrected chi connectivity index (χ4v) is 22.2. The average molecular weight is 415 g/mol. The summed E-state index contributed by atoms with van der Waals surface area (Å²) in [6.45, 7) is 7.06. The first-order valence-corrected chi connectivity index (χ1v) is 18.5. The molecule has 22 heavy (non-hydrogen) atoms. The summed E-state index contributed by atoms with van der Waals surface area (Å²) in [5.74, 6) is 0. The minimum absolute atomic E-state index is 1.32. The van der Waals surface area contributed by atoms with Gasteiger partial charge in [-0.05, 0) is 0 Å². The molecule has 1 fully saturated rings. The van der Waals surface area contributed by atoms with Gasteiger partial charge in [0, 0.05) is 0 Å². The normalized spacial score (nSPS) is 15.4. The van der Waals surface area contributed by atoms with Crippen molar-refractivity contribution in [2.75, 3.05) is 0 Å². The molecule has 1 heteroatoms. The maximum absolute atomic E-state index is 2.35. The van der Waals surface area contributed by atoms with Gasteiger partial charge >= 0.3 is 146 Å². The van der Waals surface area contributed by atoms with Gasteiger partial charge in [0.25, 0.3) is 0 Å². The van der Waals surface area contributed by atoms with Crippen LogP contribution in [0, 0.1) is 0 Å². The molecule has 0 saturated heterocycles. The SMILES string of the molecule is CCCCC[CH2][Sn]([CH2]CCCCC)([CH2]CCCCC)[CH]1CC1. The van der Waals surface area contributed by atoms with Crippen LogP contribution in [0.2, 0.25) is 17.2 Å². The van der Waals surface area contributed by atoms with E-state index in [1.54, 1.807) is 45.4 Å². The third-order valence-electron chi connectivity index (χ3n) is 6.03. The second-order valence-corrected chi connectivity index (χ2v) is 22.5. The molecule has 0 nitrogen and oxygen atoms in total. The van der Waals surface area contributed by atoms with Crippen LogP contribution < -0.4 is 0 Å². The van der Waals surface area contributed by atoms with Crippen LogP contribution in [0.25, 0.3) is 0 Å². The van der Waals surface area contributed by atoms with Crippen LogP contribution in [0.5, 0.6) is 0 Å². The predicted molar refractivity (Wildman–Crippen MR) is 106 cm³/mol. The molecule has 0 spiro atoms. The van der Waals surface area contributed by atoms with Crippen molar-refractivity contribution in [3.63, 3.8) is 0 Å². The zero-order valence-corrected chi connectivity index (χ0v) is 19.0. The van der Waals surface area contributed by atoms with Crippen LogP contribution in [0.4, 0.5) is 0 Å². The zero-order valence-electron chi connectivity index (χ0n) is 16.1. The van der Waals surface area contributed by atoms with Crippen LogP contribution in [0.3, 0.4) is 0 Å². The first kappa shape index (κ1) is 20.8. The first-order chi connectivity index (χ1) is 10.8. The van der Waals surface area contributed by atoms with Gasteiger partial charge in [-0.2, -0.15) is 0 Å². The van der Waals surface area contributed by atoms with E-state index < -0.39 is 18.4 Å². The van der Waals surface area contributed by atoms with Crippen molar-refractivity contribution in [3.05, 3.63) is 0 Å². The zero-order chi connectivity index (χ0) is 16.1. The molecule has 0 radical (unpaired) electrons. The van der Waals surface area contributed by atoms with Gasteiger partial charge in [0.05, 0.1) is 0 Å². The molecule has 1 aliphatic rings. The van der Waals surface area contributed by atoms with Crippen molar-refractivity contribution >= 4 is 18.4 Å². The van der Waals surface area contributed by atoms with Crippen molar-refractivity contribution in [2.24, 2.45) is 0 Å². The molecule has 0 aromatic heterocycles. The Hall–Kier alpha value is 0.799. The van der Waals surface area contributed by atoms with Crippen LogP contribution in [0.1, 0.15) is 111 Å². The van der Waals surface area contributed by atoms with E-state index in [1.165, 1.54) is 61.7 Å². The molecule has 1 saturated carbocycles. The number of hydrogen-bond acceptors (Lipinski definition) is 0. The maximum atomic E-state index is 2.35. The molecule has 0 N–H and O–H groups in total. The summed E-state index contributed by atoms with van der Waals surface area (Å²) in [5.41, 5.74) is 0. The Morgan fingerprint density at radius 2 is 0.909 bits per heavy atom.